The minimum Gasteiger partial charge on any atom is -0.411 e. The van der Waals surface area contributed by atoms with Gasteiger partial charge in [-0.05, 0) is 38.5 Å². The number of nitrogens with zero attached hydrogens (tertiary/aromatic N) is 2. The van der Waals surface area contributed by atoms with Crippen LogP contribution in [-0.2, 0) is 44.7 Å². The van der Waals surface area contributed by atoms with Crippen LogP contribution >= 0.6 is 24.4 Å². The van der Waals surface area contributed by atoms with E-state index in [4.69, 9.17) is 55.4 Å². The summed E-state index contributed by atoms with van der Waals surface area (Å²) in [5.41, 5.74) is 5.77. The third-order valence-electron chi connectivity index (χ3n) is 5.23. The number of nitrogens with two attached hydrogens (primary N) is 1. The molecular formula is C26H55N3S4Zn. The van der Waals surface area contributed by atoms with Gasteiger partial charge in [-0.2, -0.15) is 0 Å². The van der Waals surface area contributed by atoms with E-state index in [9.17, 15) is 0 Å². The van der Waals surface area contributed by atoms with Crippen molar-refractivity contribution in [2.45, 2.75) is 131 Å². The van der Waals surface area contributed by atoms with Gasteiger partial charge in [0.05, 0.1) is 0 Å². The van der Waals surface area contributed by atoms with E-state index < -0.39 is 0 Å². The van der Waals surface area contributed by atoms with Crippen LogP contribution in [0.1, 0.15) is 125 Å². The van der Waals surface area contributed by atoms with Crippen molar-refractivity contribution in [2.75, 3.05) is 26.2 Å². The number of thiocarbonyl (C=S) groups is 2. The molecule has 0 fully saturated rings. The molecule has 0 amide bonds. The maximum absolute atomic E-state index is 5.77. The molecule has 0 aliphatic heterocycles. The van der Waals surface area contributed by atoms with Gasteiger partial charge in [0, 0.05) is 32.2 Å². The molecule has 3 nitrogen and oxygen atoms in total. The van der Waals surface area contributed by atoms with Crippen LogP contribution in [0, 0.1) is 0 Å². The molecule has 0 aliphatic carbocycles. The number of hydrogen-bond donors (Lipinski definition) is 1. The molecule has 0 radical (unpaired) electrons. The molecule has 2 N–H and O–H groups in total. The van der Waals surface area contributed by atoms with Crippen molar-refractivity contribution in [3.05, 3.63) is 0 Å². The molecule has 34 heavy (non-hydrogen) atoms. The van der Waals surface area contributed by atoms with Gasteiger partial charge in [-0.3, -0.25) is 0 Å². The second-order valence-corrected chi connectivity index (χ2v) is 10.7. The predicted octanol–water partition coefficient (Wildman–Crippen LogP) is 7.74. The number of hydrogen-bond acceptors (Lipinski definition) is 5. The fraction of sp³-hybridized carbons (Fsp3) is 0.923. The fourth-order valence-electron chi connectivity index (χ4n) is 2.97. The summed E-state index contributed by atoms with van der Waals surface area (Å²) in [6.45, 7) is 17.3. The van der Waals surface area contributed by atoms with E-state index in [0.29, 0.717) is 14.7 Å². The van der Waals surface area contributed by atoms with Crippen molar-refractivity contribution in [2.24, 2.45) is 5.73 Å². The molecule has 0 spiro atoms. The molecule has 0 heterocycles. The van der Waals surface area contributed by atoms with E-state index in [-0.39, 0.29) is 19.5 Å². The molecule has 1 atom stereocenters. The van der Waals surface area contributed by atoms with E-state index in [1.165, 1.54) is 83.5 Å². The molecule has 0 bridgehead atoms. The second kappa shape index (κ2) is 33.8. The average Bonchev–Trinajstić information content (AvgIpc) is 2.78. The Morgan fingerprint density at radius 1 is 0.588 bits per heavy atom. The zero-order chi connectivity index (χ0) is 25.9. The first-order chi connectivity index (χ1) is 15.7. The van der Waals surface area contributed by atoms with Crippen molar-refractivity contribution >= 4 is 58.3 Å². The van der Waals surface area contributed by atoms with Gasteiger partial charge < -0.3 is 65.2 Å². The number of rotatable bonds is 17. The Kier molecular flexibility index (Phi) is 41.7. The van der Waals surface area contributed by atoms with Gasteiger partial charge in [0.25, 0.3) is 0 Å². The molecule has 0 aromatic carbocycles. The molecule has 0 aromatic rings. The van der Waals surface area contributed by atoms with Gasteiger partial charge in [-0.25, -0.2) is 0 Å². The normalized spacial score (nSPS) is 10.6. The van der Waals surface area contributed by atoms with Gasteiger partial charge in [0.15, 0.2) is 0 Å². The molecule has 0 aromatic heterocycles. The zero-order valence-corrected chi connectivity index (χ0v) is 29.6. The maximum atomic E-state index is 5.77. The van der Waals surface area contributed by atoms with E-state index in [1.54, 1.807) is 0 Å². The first kappa shape index (κ1) is 41.9. The Labute approximate surface area is 249 Å². The third-order valence-corrected chi connectivity index (χ3v) is 6.26. The summed E-state index contributed by atoms with van der Waals surface area (Å²) >= 11 is 19.9. The summed E-state index contributed by atoms with van der Waals surface area (Å²) in [6, 6.07) is 0.468. The van der Waals surface area contributed by atoms with Gasteiger partial charge in [-0.15, -0.1) is 0 Å². The van der Waals surface area contributed by atoms with Gasteiger partial charge >= 0.3 is 19.5 Å². The van der Waals surface area contributed by atoms with Gasteiger partial charge in [0.2, 0.25) is 0 Å². The van der Waals surface area contributed by atoms with E-state index in [2.05, 4.69) is 51.3 Å². The minimum atomic E-state index is 0. The van der Waals surface area contributed by atoms with Crippen LogP contribution in [0.25, 0.3) is 0 Å². The van der Waals surface area contributed by atoms with Crippen LogP contribution in [0.3, 0.4) is 0 Å². The summed E-state index contributed by atoms with van der Waals surface area (Å²) in [7, 11) is 0. The predicted molar refractivity (Wildman–Crippen MR) is 165 cm³/mol. The Bertz CT molecular complexity index is 383. The van der Waals surface area contributed by atoms with Crippen molar-refractivity contribution in [1.82, 2.24) is 9.80 Å². The standard InChI is InChI=1S/2C9H19NS2.C8H19N.Zn/c2*1-3-5-7-10(9(11)12)8-6-4-2;1-3-5-7-8(9)6-4-2;/h2*3-8H2,1-2H3,(H,11,12);8H,3-7,9H2,1-2H3;/q;;;+2/p-2. The molecule has 1 unspecified atom stereocenters. The first-order valence-corrected chi connectivity index (χ1v) is 15.1. The van der Waals surface area contributed by atoms with E-state index in [1.807, 2.05) is 0 Å². The summed E-state index contributed by atoms with van der Waals surface area (Å²) in [5.74, 6) is 0. The summed E-state index contributed by atoms with van der Waals surface area (Å²) < 4.78 is 1.27. The fourth-order valence-corrected chi connectivity index (χ4v) is 3.70. The summed E-state index contributed by atoms with van der Waals surface area (Å²) in [6.07, 6.45) is 15.8. The van der Waals surface area contributed by atoms with E-state index >= 15 is 0 Å². The van der Waals surface area contributed by atoms with Crippen molar-refractivity contribution in [3.8, 4) is 0 Å². The van der Waals surface area contributed by atoms with Crippen LogP contribution in [0.5, 0.6) is 0 Å². The first-order valence-electron chi connectivity index (χ1n) is 13.4. The SMILES string of the molecule is CCCCC(N)CCC.CCCCN(CCCC)C(=S)[S-].CCCCN(CCCC)C(=S)[S-].[Zn+2]. The van der Waals surface area contributed by atoms with Crippen molar-refractivity contribution in [1.29, 1.82) is 0 Å². The molecular weight excluding hydrogens is 548 g/mol. The molecule has 0 saturated carbocycles. The molecule has 0 aliphatic rings. The smallest absolute Gasteiger partial charge is 0.411 e. The average molecular weight is 603 g/mol. The molecule has 0 rings (SSSR count). The molecule has 0 saturated heterocycles. The maximum Gasteiger partial charge on any atom is 2.00 e. The topological polar surface area (TPSA) is 32.5 Å². The van der Waals surface area contributed by atoms with Crippen LogP contribution in [0.4, 0.5) is 0 Å². The van der Waals surface area contributed by atoms with Crippen molar-refractivity contribution < 1.29 is 19.5 Å². The van der Waals surface area contributed by atoms with Gasteiger partial charge in [-0.1, -0.05) is 95.1 Å². The van der Waals surface area contributed by atoms with Crippen molar-refractivity contribution in [3.63, 3.8) is 0 Å². The zero-order valence-electron chi connectivity index (χ0n) is 23.4. The Morgan fingerprint density at radius 3 is 1.09 bits per heavy atom. The summed E-state index contributed by atoms with van der Waals surface area (Å²) in [5, 5.41) is 0. The minimum absolute atomic E-state index is 0. The van der Waals surface area contributed by atoms with Crippen LogP contribution in [0.15, 0.2) is 0 Å². The quantitative estimate of drug-likeness (QED) is 0.104. The Morgan fingerprint density at radius 2 is 0.882 bits per heavy atom. The monoisotopic (exact) mass is 601 g/mol. The van der Waals surface area contributed by atoms with Gasteiger partial charge in [0.1, 0.15) is 0 Å². The Hall–Kier alpha value is 0.803. The largest absolute Gasteiger partial charge is 2.00 e. The van der Waals surface area contributed by atoms with Crippen LogP contribution in [-0.4, -0.2) is 50.7 Å². The third kappa shape index (κ3) is 32.8. The van der Waals surface area contributed by atoms with E-state index in [0.717, 1.165) is 26.2 Å². The summed E-state index contributed by atoms with van der Waals surface area (Å²) in [4.78, 5) is 4.27. The molecule has 200 valence electrons. The van der Waals surface area contributed by atoms with Crippen LogP contribution in [0.2, 0.25) is 0 Å². The number of unbranched alkanes of at least 4 members (excludes halogenated alkanes) is 5. The second-order valence-electron chi connectivity index (χ2n) is 8.61. The Balaban J connectivity index is -0.000000198. The molecule has 8 heteroatoms. The van der Waals surface area contributed by atoms with Crippen LogP contribution < -0.4 is 5.73 Å².